The number of rotatable bonds is 1. The zero-order valence-corrected chi connectivity index (χ0v) is 7.72. The Bertz CT molecular complexity index is 373. The molecule has 0 fully saturated rings. The number of carbonyl (C=O) groups excluding carboxylic acids is 1. The van der Waals surface area contributed by atoms with Crippen LogP contribution < -0.4 is 9.47 Å². The van der Waals surface area contributed by atoms with Gasteiger partial charge in [0.1, 0.15) is 0 Å². The van der Waals surface area contributed by atoms with E-state index in [1.807, 2.05) is 0 Å². The Morgan fingerprint density at radius 3 is 2.92 bits per heavy atom. The van der Waals surface area contributed by atoms with Gasteiger partial charge in [0.05, 0.1) is 5.02 Å². The summed E-state index contributed by atoms with van der Waals surface area (Å²) in [7, 11) is 0. The van der Waals surface area contributed by atoms with Crippen LogP contribution in [0.15, 0.2) is 12.1 Å². The molecule has 0 saturated carbocycles. The van der Waals surface area contributed by atoms with Crippen LogP contribution in [0.2, 0.25) is 5.02 Å². The van der Waals surface area contributed by atoms with Crippen molar-refractivity contribution in [2.45, 2.75) is 6.92 Å². The molecule has 3 nitrogen and oxygen atoms in total. The van der Waals surface area contributed by atoms with Gasteiger partial charge >= 0.3 is 0 Å². The number of benzene rings is 1. The first kappa shape index (κ1) is 8.38. The molecule has 0 bridgehead atoms. The Labute approximate surface area is 80.2 Å². The quantitative estimate of drug-likeness (QED) is 0.650. The van der Waals surface area contributed by atoms with Crippen LogP contribution in [0.4, 0.5) is 0 Å². The van der Waals surface area contributed by atoms with E-state index in [1.54, 1.807) is 12.1 Å². The minimum Gasteiger partial charge on any atom is -0.454 e. The predicted molar refractivity (Wildman–Crippen MR) is 47.6 cm³/mol. The molecule has 0 spiro atoms. The summed E-state index contributed by atoms with van der Waals surface area (Å²) in [5.74, 6) is 0.979. The molecule has 2 rings (SSSR count). The highest BCUT2D eigenvalue weighted by atomic mass is 35.5. The standard InChI is InChI=1S/C9H7ClO3/c1-5(11)6-2-3-7-9(8(6)10)13-4-12-7/h2-3H,4H2,1H3. The first-order valence-corrected chi connectivity index (χ1v) is 4.17. The third-order valence-electron chi connectivity index (χ3n) is 1.86. The van der Waals surface area contributed by atoms with Gasteiger partial charge in [-0.3, -0.25) is 4.79 Å². The van der Waals surface area contributed by atoms with E-state index in [4.69, 9.17) is 21.1 Å². The number of hydrogen-bond acceptors (Lipinski definition) is 3. The lowest BCUT2D eigenvalue weighted by Crippen LogP contribution is -1.95. The van der Waals surface area contributed by atoms with Crippen LogP contribution in [0.1, 0.15) is 17.3 Å². The molecule has 0 atom stereocenters. The van der Waals surface area contributed by atoms with Crippen LogP contribution in [-0.2, 0) is 0 Å². The summed E-state index contributed by atoms with van der Waals surface area (Å²) in [6, 6.07) is 3.32. The highest BCUT2D eigenvalue weighted by Crippen LogP contribution is 2.40. The Kier molecular flexibility index (Phi) is 1.88. The molecule has 1 aromatic carbocycles. The third kappa shape index (κ3) is 1.25. The van der Waals surface area contributed by atoms with Crippen LogP contribution in [0.5, 0.6) is 11.5 Å². The van der Waals surface area contributed by atoms with E-state index in [2.05, 4.69) is 0 Å². The molecule has 0 amide bonds. The Morgan fingerprint density at radius 2 is 2.23 bits per heavy atom. The molecule has 1 aliphatic rings. The summed E-state index contributed by atoms with van der Waals surface area (Å²) in [4.78, 5) is 11.1. The molecule has 1 aromatic rings. The molecule has 1 aliphatic heterocycles. The normalized spacial score (nSPS) is 13.1. The van der Waals surface area contributed by atoms with Gasteiger partial charge in [0.25, 0.3) is 0 Å². The van der Waals surface area contributed by atoms with Gasteiger partial charge in [0.2, 0.25) is 6.79 Å². The van der Waals surface area contributed by atoms with Crippen LogP contribution >= 0.6 is 11.6 Å². The van der Waals surface area contributed by atoms with Gasteiger partial charge in [-0.25, -0.2) is 0 Å². The van der Waals surface area contributed by atoms with Crippen molar-refractivity contribution in [3.63, 3.8) is 0 Å². The molecule has 0 N–H and O–H groups in total. The molecule has 0 saturated heterocycles. The monoisotopic (exact) mass is 198 g/mol. The van der Waals surface area contributed by atoms with Gasteiger partial charge < -0.3 is 9.47 Å². The number of carbonyl (C=O) groups is 1. The van der Waals surface area contributed by atoms with Gasteiger partial charge in [-0.15, -0.1) is 0 Å². The lowest BCUT2D eigenvalue weighted by Gasteiger charge is -2.02. The number of ketones is 1. The Balaban J connectivity index is 2.59. The molecule has 0 aliphatic carbocycles. The number of halogens is 1. The Morgan fingerprint density at radius 1 is 1.46 bits per heavy atom. The second-order valence-electron chi connectivity index (χ2n) is 2.72. The van der Waals surface area contributed by atoms with E-state index in [0.717, 1.165) is 0 Å². The molecule has 4 heteroatoms. The van der Waals surface area contributed by atoms with Crippen molar-refractivity contribution < 1.29 is 14.3 Å². The second-order valence-corrected chi connectivity index (χ2v) is 3.10. The molecule has 0 radical (unpaired) electrons. The van der Waals surface area contributed by atoms with Crippen molar-refractivity contribution >= 4 is 17.4 Å². The highest BCUT2D eigenvalue weighted by Gasteiger charge is 2.20. The molecular formula is C9H7ClO3. The first-order chi connectivity index (χ1) is 6.20. The van der Waals surface area contributed by atoms with Gasteiger partial charge in [0, 0.05) is 5.56 Å². The molecule has 68 valence electrons. The SMILES string of the molecule is CC(=O)c1ccc2c(c1Cl)OCO2. The highest BCUT2D eigenvalue weighted by molar-refractivity contribution is 6.35. The molecule has 0 aromatic heterocycles. The predicted octanol–water partition coefficient (Wildman–Crippen LogP) is 2.27. The van der Waals surface area contributed by atoms with Gasteiger partial charge in [0.15, 0.2) is 17.3 Å². The zero-order chi connectivity index (χ0) is 9.42. The smallest absolute Gasteiger partial charge is 0.231 e. The topological polar surface area (TPSA) is 35.5 Å². The minimum atomic E-state index is -0.0803. The van der Waals surface area contributed by atoms with E-state index in [9.17, 15) is 4.79 Å². The van der Waals surface area contributed by atoms with Crippen LogP contribution in [0.25, 0.3) is 0 Å². The maximum atomic E-state index is 11.1. The first-order valence-electron chi connectivity index (χ1n) is 3.79. The maximum absolute atomic E-state index is 11.1. The molecular weight excluding hydrogens is 192 g/mol. The minimum absolute atomic E-state index is 0.0803. The summed E-state index contributed by atoms with van der Waals surface area (Å²) in [6.45, 7) is 1.62. The zero-order valence-electron chi connectivity index (χ0n) is 6.96. The fourth-order valence-corrected chi connectivity index (χ4v) is 1.55. The van der Waals surface area contributed by atoms with Crippen molar-refractivity contribution in [1.82, 2.24) is 0 Å². The second kappa shape index (κ2) is 2.92. The summed E-state index contributed by atoms with van der Waals surface area (Å²) in [5, 5.41) is 0.336. The summed E-state index contributed by atoms with van der Waals surface area (Å²) >= 11 is 5.92. The van der Waals surface area contributed by atoms with Gasteiger partial charge in [-0.2, -0.15) is 0 Å². The van der Waals surface area contributed by atoms with Crippen molar-refractivity contribution in [3.05, 3.63) is 22.7 Å². The van der Waals surface area contributed by atoms with Crippen molar-refractivity contribution in [3.8, 4) is 11.5 Å². The summed E-state index contributed by atoms with van der Waals surface area (Å²) < 4.78 is 10.2. The molecule has 13 heavy (non-hydrogen) atoms. The van der Waals surface area contributed by atoms with Gasteiger partial charge in [-0.1, -0.05) is 11.6 Å². The van der Waals surface area contributed by atoms with E-state index in [0.29, 0.717) is 22.1 Å². The maximum Gasteiger partial charge on any atom is 0.231 e. The summed E-state index contributed by atoms with van der Waals surface area (Å²) in [6.07, 6.45) is 0. The van der Waals surface area contributed by atoms with Gasteiger partial charge in [-0.05, 0) is 19.1 Å². The largest absolute Gasteiger partial charge is 0.454 e. The molecule has 1 heterocycles. The fourth-order valence-electron chi connectivity index (χ4n) is 1.21. The van der Waals surface area contributed by atoms with Crippen LogP contribution in [0, 0.1) is 0 Å². The van der Waals surface area contributed by atoms with E-state index in [-0.39, 0.29) is 12.6 Å². The number of Topliss-reactive ketones (excluding diaryl/α,β-unsaturated/α-hetero) is 1. The number of ether oxygens (including phenoxy) is 2. The average Bonchev–Trinajstić information content (AvgIpc) is 2.52. The van der Waals surface area contributed by atoms with Crippen molar-refractivity contribution in [2.24, 2.45) is 0 Å². The van der Waals surface area contributed by atoms with Crippen molar-refractivity contribution in [1.29, 1.82) is 0 Å². The average molecular weight is 199 g/mol. The van der Waals surface area contributed by atoms with Crippen LogP contribution in [0.3, 0.4) is 0 Å². The van der Waals surface area contributed by atoms with Crippen LogP contribution in [-0.4, -0.2) is 12.6 Å². The van der Waals surface area contributed by atoms with E-state index >= 15 is 0 Å². The number of hydrogen-bond donors (Lipinski definition) is 0. The third-order valence-corrected chi connectivity index (χ3v) is 2.23. The van der Waals surface area contributed by atoms with Crippen molar-refractivity contribution in [2.75, 3.05) is 6.79 Å². The fraction of sp³-hybridized carbons (Fsp3) is 0.222. The number of fused-ring (bicyclic) bond motifs is 1. The lowest BCUT2D eigenvalue weighted by molar-refractivity contribution is 0.101. The molecule has 0 unspecified atom stereocenters. The Hall–Kier alpha value is -1.22. The van der Waals surface area contributed by atoms with E-state index < -0.39 is 0 Å². The van der Waals surface area contributed by atoms with E-state index in [1.165, 1.54) is 6.92 Å². The lowest BCUT2D eigenvalue weighted by atomic mass is 10.1. The summed E-state index contributed by atoms with van der Waals surface area (Å²) in [5.41, 5.74) is 0.464.